The van der Waals surface area contributed by atoms with Crippen LogP contribution in [0, 0.1) is 0 Å². The van der Waals surface area contributed by atoms with Crippen molar-refractivity contribution >= 4 is 47.0 Å². The Morgan fingerprint density at radius 3 is 1.83 bits per heavy atom. The lowest BCUT2D eigenvalue weighted by Gasteiger charge is -2.13. The zero-order chi connectivity index (χ0) is 16.8. The van der Waals surface area contributed by atoms with Gasteiger partial charge in [0.25, 0.3) is 6.43 Å². The average Bonchev–Trinajstić information content (AvgIpc) is 2.56. The minimum Gasteiger partial charge on any atom is -0.395 e. The van der Waals surface area contributed by atoms with Crippen LogP contribution in [-0.2, 0) is 0 Å². The fourth-order valence-corrected chi connectivity index (χ4v) is 1.83. The van der Waals surface area contributed by atoms with Crippen LogP contribution < -0.4 is 21.3 Å². The standard InChI is InChI=1S/C12H18F2N8O.ClH/c1-15-11-20-8-7(9(21-11)17-3-4-23)19-12(16-2)22-10(8)18-5-6(13)14;/h6,23H,3-5H2,1-2H3,(H2,15,17,20,21)(H2,16,18,19,22);1H. The minimum atomic E-state index is -2.53. The number of nitrogens with zero attached hydrogens (tertiary/aromatic N) is 4. The van der Waals surface area contributed by atoms with E-state index >= 15 is 0 Å². The van der Waals surface area contributed by atoms with Gasteiger partial charge in [-0.15, -0.1) is 12.4 Å². The molecule has 2 aromatic rings. The Morgan fingerprint density at radius 2 is 1.42 bits per heavy atom. The molecule has 0 saturated heterocycles. The van der Waals surface area contributed by atoms with E-state index in [0.29, 0.717) is 16.9 Å². The molecule has 2 rings (SSSR count). The Labute approximate surface area is 143 Å². The number of aromatic nitrogens is 4. The maximum absolute atomic E-state index is 12.5. The van der Waals surface area contributed by atoms with Crippen molar-refractivity contribution in [1.82, 2.24) is 19.9 Å². The van der Waals surface area contributed by atoms with Crippen molar-refractivity contribution in [2.75, 3.05) is 55.1 Å². The fraction of sp³-hybridized carbons (Fsp3) is 0.500. The second kappa shape index (κ2) is 9.13. The van der Waals surface area contributed by atoms with Gasteiger partial charge >= 0.3 is 0 Å². The van der Waals surface area contributed by atoms with Crippen LogP contribution in [0.4, 0.5) is 32.3 Å². The highest BCUT2D eigenvalue weighted by atomic mass is 35.5. The molecule has 0 saturated carbocycles. The number of hydrogen-bond acceptors (Lipinski definition) is 9. The van der Waals surface area contributed by atoms with Gasteiger partial charge in [0.15, 0.2) is 11.6 Å². The molecule has 0 aliphatic rings. The average molecular weight is 365 g/mol. The van der Waals surface area contributed by atoms with Gasteiger partial charge in [0, 0.05) is 20.6 Å². The predicted octanol–water partition coefficient (Wildman–Crippen LogP) is 1.01. The zero-order valence-electron chi connectivity index (χ0n) is 13.1. The Balaban J connectivity index is 0.00000288. The molecule has 24 heavy (non-hydrogen) atoms. The van der Waals surface area contributed by atoms with E-state index in [4.69, 9.17) is 5.11 Å². The van der Waals surface area contributed by atoms with Gasteiger partial charge in [0.05, 0.1) is 13.2 Å². The summed E-state index contributed by atoms with van der Waals surface area (Å²) in [5.41, 5.74) is 0.651. The summed E-state index contributed by atoms with van der Waals surface area (Å²) in [5, 5.41) is 20.0. The second-order valence-corrected chi connectivity index (χ2v) is 4.41. The van der Waals surface area contributed by atoms with Gasteiger partial charge in [0.1, 0.15) is 11.0 Å². The largest absolute Gasteiger partial charge is 0.395 e. The molecule has 2 aromatic heterocycles. The van der Waals surface area contributed by atoms with E-state index in [0.717, 1.165) is 0 Å². The highest BCUT2D eigenvalue weighted by Crippen LogP contribution is 2.26. The van der Waals surface area contributed by atoms with Gasteiger partial charge in [0.2, 0.25) is 11.9 Å². The number of fused-ring (bicyclic) bond motifs is 1. The van der Waals surface area contributed by atoms with Crippen LogP contribution in [0.3, 0.4) is 0 Å². The van der Waals surface area contributed by atoms with Crippen LogP contribution in [0.2, 0.25) is 0 Å². The molecule has 2 heterocycles. The van der Waals surface area contributed by atoms with Gasteiger partial charge in [-0.3, -0.25) is 0 Å². The van der Waals surface area contributed by atoms with Gasteiger partial charge in [-0.1, -0.05) is 0 Å². The molecule has 0 radical (unpaired) electrons. The van der Waals surface area contributed by atoms with Crippen LogP contribution in [0.5, 0.6) is 0 Å². The first kappa shape index (κ1) is 19.8. The van der Waals surface area contributed by atoms with Gasteiger partial charge in [-0.05, 0) is 0 Å². The third-order valence-electron chi connectivity index (χ3n) is 2.82. The predicted molar refractivity (Wildman–Crippen MR) is 91.5 cm³/mol. The maximum atomic E-state index is 12.5. The summed E-state index contributed by atoms with van der Waals surface area (Å²) in [7, 11) is 3.24. The lowest BCUT2D eigenvalue weighted by molar-refractivity contribution is 0.163. The van der Waals surface area contributed by atoms with E-state index in [1.54, 1.807) is 14.1 Å². The van der Waals surface area contributed by atoms with E-state index in [2.05, 4.69) is 41.2 Å². The van der Waals surface area contributed by atoms with Crippen molar-refractivity contribution < 1.29 is 13.9 Å². The molecule has 0 fully saturated rings. The van der Waals surface area contributed by atoms with E-state index in [1.165, 1.54) is 0 Å². The van der Waals surface area contributed by atoms with Crippen LogP contribution in [0.25, 0.3) is 11.0 Å². The monoisotopic (exact) mass is 364 g/mol. The Kier molecular flexibility index (Phi) is 7.52. The first-order chi connectivity index (χ1) is 11.1. The molecule has 0 aromatic carbocycles. The zero-order valence-corrected chi connectivity index (χ0v) is 13.9. The first-order valence-corrected chi connectivity index (χ1v) is 6.91. The molecule has 0 bridgehead atoms. The van der Waals surface area contributed by atoms with Crippen LogP contribution >= 0.6 is 12.4 Å². The van der Waals surface area contributed by atoms with Crippen molar-refractivity contribution in [3.05, 3.63) is 0 Å². The lowest BCUT2D eigenvalue weighted by Crippen LogP contribution is -2.15. The van der Waals surface area contributed by atoms with Gasteiger partial charge in [-0.25, -0.2) is 18.7 Å². The van der Waals surface area contributed by atoms with E-state index in [9.17, 15) is 8.78 Å². The van der Waals surface area contributed by atoms with Crippen molar-refractivity contribution in [2.24, 2.45) is 0 Å². The van der Waals surface area contributed by atoms with Crippen LogP contribution in [0.15, 0.2) is 0 Å². The highest BCUT2D eigenvalue weighted by Gasteiger charge is 2.16. The summed E-state index contributed by atoms with van der Waals surface area (Å²) in [6.07, 6.45) is -2.53. The molecule has 0 amide bonds. The molecular weight excluding hydrogens is 346 g/mol. The molecule has 12 heteroatoms. The maximum Gasteiger partial charge on any atom is 0.255 e. The smallest absolute Gasteiger partial charge is 0.255 e. The van der Waals surface area contributed by atoms with Crippen molar-refractivity contribution in [3.8, 4) is 0 Å². The Morgan fingerprint density at radius 1 is 0.917 bits per heavy atom. The van der Waals surface area contributed by atoms with Crippen LogP contribution in [-0.4, -0.2) is 65.3 Å². The molecular formula is C12H19ClF2N8O. The number of anilines is 4. The first-order valence-electron chi connectivity index (χ1n) is 6.91. The lowest BCUT2D eigenvalue weighted by atomic mass is 10.3. The van der Waals surface area contributed by atoms with E-state index in [1.807, 2.05) is 0 Å². The summed E-state index contributed by atoms with van der Waals surface area (Å²) in [5.74, 6) is 1.05. The number of nitrogens with one attached hydrogen (secondary N) is 4. The third-order valence-corrected chi connectivity index (χ3v) is 2.82. The van der Waals surface area contributed by atoms with Crippen LogP contribution in [0.1, 0.15) is 0 Å². The van der Waals surface area contributed by atoms with E-state index in [-0.39, 0.29) is 43.3 Å². The summed E-state index contributed by atoms with van der Waals surface area (Å²) in [6.45, 7) is -0.400. The summed E-state index contributed by atoms with van der Waals surface area (Å²) >= 11 is 0. The second-order valence-electron chi connectivity index (χ2n) is 4.41. The topological polar surface area (TPSA) is 120 Å². The molecule has 0 atom stereocenters. The molecule has 0 spiro atoms. The number of halogens is 3. The molecule has 9 nitrogen and oxygen atoms in total. The van der Waals surface area contributed by atoms with Crippen molar-refractivity contribution in [2.45, 2.75) is 6.43 Å². The molecule has 0 unspecified atom stereocenters. The normalized spacial score (nSPS) is 10.4. The van der Waals surface area contributed by atoms with Gasteiger partial charge in [-0.2, -0.15) is 9.97 Å². The Hall–Kier alpha value is -2.27. The molecule has 134 valence electrons. The highest BCUT2D eigenvalue weighted by molar-refractivity contribution is 5.94. The SMILES string of the molecule is CNc1nc(NCC(F)F)c2nc(NC)nc(NCCO)c2n1.Cl. The molecule has 0 aliphatic carbocycles. The molecule has 0 aliphatic heterocycles. The van der Waals surface area contributed by atoms with Crippen molar-refractivity contribution in [1.29, 1.82) is 0 Å². The Bertz CT molecular complexity index is 675. The number of aliphatic hydroxyl groups is 1. The number of hydrogen-bond donors (Lipinski definition) is 5. The summed E-state index contributed by atoms with van der Waals surface area (Å²) < 4.78 is 25.0. The summed E-state index contributed by atoms with van der Waals surface area (Å²) in [4.78, 5) is 16.9. The van der Waals surface area contributed by atoms with Crippen molar-refractivity contribution in [3.63, 3.8) is 0 Å². The van der Waals surface area contributed by atoms with Gasteiger partial charge < -0.3 is 26.4 Å². The number of aliphatic hydroxyl groups excluding tert-OH is 1. The number of alkyl halides is 2. The van der Waals surface area contributed by atoms with E-state index < -0.39 is 13.0 Å². The number of rotatable bonds is 8. The molecule has 5 N–H and O–H groups in total. The third kappa shape index (κ3) is 4.61. The minimum absolute atomic E-state index is 0. The summed E-state index contributed by atoms with van der Waals surface area (Å²) in [6, 6.07) is 0. The quantitative estimate of drug-likeness (QED) is 0.467. The fourth-order valence-electron chi connectivity index (χ4n) is 1.83.